The van der Waals surface area contributed by atoms with Crippen LogP contribution in [-0.4, -0.2) is 11.9 Å². The Morgan fingerprint density at radius 2 is 2.09 bits per heavy atom. The average molecular weight is 157 g/mol. The molecule has 11 heavy (non-hydrogen) atoms. The molecular weight excluding hydrogens is 138 g/mol. The van der Waals surface area contributed by atoms with Gasteiger partial charge in [-0.15, -0.1) is 0 Å². The highest BCUT2D eigenvalue weighted by atomic mass is 16.1. The van der Waals surface area contributed by atoms with Crippen LogP contribution in [0.4, 0.5) is 0 Å². The van der Waals surface area contributed by atoms with Crippen LogP contribution in [0.3, 0.4) is 0 Å². The lowest BCUT2D eigenvalue weighted by molar-refractivity contribution is -0.111. The standard InChI is InChI=1S/C9H19NO/c1-5-6-9(4,8(2)3)10-7-11/h7-8H,5-6H2,1-4H3,(H,10,11). The lowest BCUT2D eigenvalue weighted by Gasteiger charge is -2.32. The zero-order chi connectivity index (χ0) is 8.91. The molecule has 0 aliphatic rings. The maximum absolute atomic E-state index is 10.3. The second-order valence-electron chi connectivity index (χ2n) is 3.58. The number of hydrogen-bond acceptors (Lipinski definition) is 1. The first kappa shape index (κ1) is 10.5. The molecule has 0 fully saturated rings. The number of amides is 1. The van der Waals surface area contributed by atoms with E-state index < -0.39 is 0 Å². The van der Waals surface area contributed by atoms with E-state index >= 15 is 0 Å². The molecule has 0 aliphatic heterocycles. The highest BCUT2D eigenvalue weighted by Gasteiger charge is 2.25. The van der Waals surface area contributed by atoms with Crippen molar-refractivity contribution >= 4 is 6.41 Å². The van der Waals surface area contributed by atoms with Gasteiger partial charge in [-0.3, -0.25) is 4.79 Å². The fraction of sp³-hybridized carbons (Fsp3) is 0.889. The first-order valence-electron chi connectivity index (χ1n) is 4.28. The van der Waals surface area contributed by atoms with E-state index in [0.29, 0.717) is 5.92 Å². The fourth-order valence-corrected chi connectivity index (χ4v) is 1.18. The lowest BCUT2D eigenvalue weighted by atomic mass is 9.84. The smallest absolute Gasteiger partial charge is 0.207 e. The Balaban J connectivity index is 4.12. The highest BCUT2D eigenvalue weighted by molar-refractivity contribution is 5.47. The van der Waals surface area contributed by atoms with Crippen LogP contribution in [0.25, 0.3) is 0 Å². The monoisotopic (exact) mass is 157 g/mol. The molecule has 1 N–H and O–H groups in total. The Kier molecular flexibility index (Phi) is 4.16. The molecule has 1 amide bonds. The maximum atomic E-state index is 10.3. The van der Waals surface area contributed by atoms with Crippen LogP contribution in [0.1, 0.15) is 40.5 Å². The number of hydrogen-bond donors (Lipinski definition) is 1. The summed E-state index contributed by atoms with van der Waals surface area (Å²) in [6.07, 6.45) is 2.95. The molecule has 0 aromatic rings. The summed E-state index contributed by atoms with van der Waals surface area (Å²) >= 11 is 0. The van der Waals surface area contributed by atoms with Gasteiger partial charge in [-0.2, -0.15) is 0 Å². The lowest BCUT2D eigenvalue weighted by Crippen LogP contribution is -2.45. The van der Waals surface area contributed by atoms with Gasteiger partial charge in [0.1, 0.15) is 0 Å². The molecular formula is C9H19NO. The van der Waals surface area contributed by atoms with Crippen molar-refractivity contribution in [1.29, 1.82) is 0 Å². The molecule has 2 nitrogen and oxygen atoms in total. The zero-order valence-corrected chi connectivity index (χ0v) is 7.98. The summed E-state index contributed by atoms with van der Waals surface area (Å²) in [5.74, 6) is 0.493. The Morgan fingerprint density at radius 3 is 2.36 bits per heavy atom. The molecule has 0 spiro atoms. The normalized spacial score (nSPS) is 16.1. The third-order valence-electron chi connectivity index (χ3n) is 2.43. The van der Waals surface area contributed by atoms with E-state index in [4.69, 9.17) is 0 Å². The number of nitrogens with one attached hydrogen (secondary N) is 1. The number of carbonyl (C=O) groups excluding carboxylic acids is 1. The Labute approximate surface area is 69.4 Å². The van der Waals surface area contributed by atoms with Crippen molar-refractivity contribution < 1.29 is 4.79 Å². The van der Waals surface area contributed by atoms with Crippen molar-refractivity contribution in [2.75, 3.05) is 0 Å². The maximum Gasteiger partial charge on any atom is 0.207 e. The molecule has 0 radical (unpaired) electrons. The molecule has 0 heterocycles. The summed E-state index contributed by atoms with van der Waals surface area (Å²) in [6, 6.07) is 0. The first-order valence-corrected chi connectivity index (χ1v) is 4.28. The molecule has 0 saturated heterocycles. The van der Waals surface area contributed by atoms with E-state index in [1.165, 1.54) is 0 Å². The van der Waals surface area contributed by atoms with Crippen molar-refractivity contribution in [2.45, 2.75) is 46.1 Å². The van der Waals surface area contributed by atoms with Crippen LogP contribution in [0.2, 0.25) is 0 Å². The van der Waals surface area contributed by atoms with Crippen LogP contribution in [0.5, 0.6) is 0 Å². The summed E-state index contributed by atoms with van der Waals surface area (Å²) in [4.78, 5) is 10.3. The van der Waals surface area contributed by atoms with Gasteiger partial charge >= 0.3 is 0 Å². The quantitative estimate of drug-likeness (QED) is 0.607. The summed E-state index contributed by atoms with van der Waals surface area (Å²) in [6.45, 7) is 8.49. The van der Waals surface area contributed by atoms with Crippen LogP contribution in [0, 0.1) is 5.92 Å². The molecule has 0 saturated carbocycles. The minimum Gasteiger partial charge on any atom is -0.353 e. The highest BCUT2D eigenvalue weighted by Crippen LogP contribution is 2.21. The third-order valence-corrected chi connectivity index (χ3v) is 2.43. The van der Waals surface area contributed by atoms with Crippen LogP contribution in [-0.2, 0) is 4.79 Å². The topological polar surface area (TPSA) is 29.1 Å². The first-order chi connectivity index (χ1) is 5.06. The minimum absolute atomic E-state index is 0.0174. The summed E-state index contributed by atoms with van der Waals surface area (Å²) in [7, 11) is 0. The van der Waals surface area contributed by atoms with Gasteiger partial charge < -0.3 is 5.32 Å². The molecule has 1 unspecified atom stereocenters. The number of carbonyl (C=O) groups is 1. The van der Waals surface area contributed by atoms with Crippen molar-refractivity contribution in [1.82, 2.24) is 5.32 Å². The van der Waals surface area contributed by atoms with Crippen LogP contribution >= 0.6 is 0 Å². The van der Waals surface area contributed by atoms with Gasteiger partial charge in [0, 0.05) is 5.54 Å². The molecule has 0 aliphatic carbocycles. The van der Waals surface area contributed by atoms with Gasteiger partial charge in [0.05, 0.1) is 0 Å². The molecule has 0 aromatic heterocycles. The fourth-order valence-electron chi connectivity index (χ4n) is 1.18. The van der Waals surface area contributed by atoms with E-state index in [-0.39, 0.29) is 5.54 Å². The summed E-state index contributed by atoms with van der Waals surface area (Å²) in [5, 5.41) is 2.88. The van der Waals surface area contributed by atoms with E-state index in [2.05, 4.69) is 33.0 Å². The second kappa shape index (κ2) is 4.37. The van der Waals surface area contributed by atoms with Crippen molar-refractivity contribution in [3.05, 3.63) is 0 Å². The van der Waals surface area contributed by atoms with E-state index in [1.54, 1.807) is 0 Å². The van der Waals surface area contributed by atoms with Gasteiger partial charge in [0.2, 0.25) is 6.41 Å². The van der Waals surface area contributed by atoms with Crippen LogP contribution in [0.15, 0.2) is 0 Å². The largest absolute Gasteiger partial charge is 0.353 e. The van der Waals surface area contributed by atoms with Gasteiger partial charge in [-0.05, 0) is 19.3 Å². The minimum atomic E-state index is -0.0174. The SMILES string of the molecule is CCCC(C)(NC=O)C(C)C. The van der Waals surface area contributed by atoms with Gasteiger partial charge in [-0.25, -0.2) is 0 Å². The molecule has 0 rings (SSSR count). The van der Waals surface area contributed by atoms with Gasteiger partial charge in [0.25, 0.3) is 0 Å². The van der Waals surface area contributed by atoms with E-state index in [0.717, 1.165) is 19.3 Å². The third kappa shape index (κ3) is 2.91. The van der Waals surface area contributed by atoms with Gasteiger partial charge in [-0.1, -0.05) is 27.2 Å². The molecule has 0 bridgehead atoms. The molecule has 2 heteroatoms. The van der Waals surface area contributed by atoms with Crippen molar-refractivity contribution in [3.63, 3.8) is 0 Å². The molecule has 0 aromatic carbocycles. The summed E-state index contributed by atoms with van der Waals surface area (Å²) in [5.41, 5.74) is -0.0174. The Bertz CT molecular complexity index is 123. The van der Waals surface area contributed by atoms with Crippen molar-refractivity contribution in [2.24, 2.45) is 5.92 Å². The van der Waals surface area contributed by atoms with Crippen LogP contribution < -0.4 is 5.32 Å². The zero-order valence-electron chi connectivity index (χ0n) is 7.98. The second-order valence-corrected chi connectivity index (χ2v) is 3.58. The Hall–Kier alpha value is -0.530. The molecule has 1 atom stereocenters. The predicted molar refractivity (Wildman–Crippen MR) is 47.4 cm³/mol. The average Bonchev–Trinajstić information content (AvgIpc) is 1.88. The molecule has 66 valence electrons. The summed E-state index contributed by atoms with van der Waals surface area (Å²) < 4.78 is 0. The predicted octanol–water partition coefficient (Wildman–Crippen LogP) is 1.95. The van der Waals surface area contributed by atoms with Gasteiger partial charge in [0.15, 0.2) is 0 Å². The van der Waals surface area contributed by atoms with Crippen molar-refractivity contribution in [3.8, 4) is 0 Å². The van der Waals surface area contributed by atoms with E-state index in [9.17, 15) is 4.79 Å². The number of rotatable bonds is 5. The van der Waals surface area contributed by atoms with E-state index in [1.807, 2.05) is 0 Å². The Morgan fingerprint density at radius 1 is 1.55 bits per heavy atom.